The fraction of sp³-hybridized carbons (Fsp3) is 0.333. The first-order chi connectivity index (χ1) is 7.99. The average molecular weight is 253 g/mol. The lowest BCUT2D eigenvalue weighted by atomic mass is 10.3. The van der Waals surface area contributed by atoms with Gasteiger partial charge in [-0.1, -0.05) is 0 Å². The summed E-state index contributed by atoms with van der Waals surface area (Å²) in [7, 11) is 0. The predicted octanol–water partition coefficient (Wildman–Crippen LogP) is 1.50. The normalized spacial score (nSPS) is 10.7. The number of rotatable bonds is 3. The van der Waals surface area contributed by atoms with Gasteiger partial charge < -0.3 is 5.73 Å². The number of thiazole rings is 1. The Bertz CT molecular complexity index is 574. The molecule has 0 saturated carbocycles. The second-order valence-electron chi connectivity index (χ2n) is 3.60. The number of hydrogen-bond acceptors (Lipinski definition) is 6. The van der Waals surface area contributed by atoms with E-state index in [0.29, 0.717) is 23.1 Å². The zero-order chi connectivity index (χ0) is 12.6. The molecular formula is C9H11N5O2S. The number of nitrogens with zero attached hydrogens (tertiary/aromatic N) is 4. The summed E-state index contributed by atoms with van der Waals surface area (Å²) in [6.45, 7) is 3.76. The largest absolute Gasteiger partial charge is 0.375 e. The second-order valence-corrected chi connectivity index (χ2v) is 4.75. The predicted molar refractivity (Wildman–Crippen MR) is 64.0 cm³/mol. The average Bonchev–Trinajstić information content (AvgIpc) is 2.73. The van der Waals surface area contributed by atoms with Crippen molar-refractivity contribution < 1.29 is 4.92 Å². The van der Waals surface area contributed by atoms with Crippen LogP contribution in [0.2, 0.25) is 0 Å². The van der Waals surface area contributed by atoms with Crippen molar-refractivity contribution in [2.24, 2.45) is 0 Å². The molecule has 2 N–H and O–H groups in total. The van der Waals surface area contributed by atoms with E-state index in [4.69, 9.17) is 5.73 Å². The molecule has 90 valence electrons. The SMILES string of the molecule is Cc1nn(Cc2cnc(N)s2)c(C)c1[N+](=O)[O-]. The van der Waals surface area contributed by atoms with E-state index in [1.807, 2.05) is 0 Å². The Labute approximate surface area is 101 Å². The standard InChI is InChI=1S/C9H11N5O2S/c1-5-8(14(15)16)6(2)13(12-5)4-7-3-11-9(10)17-7/h3H,4H2,1-2H3,(H2,10,11). The maximum absolute atomic E-state index is 10.8. The minimum Gasteiger partial charge on any atom is -0.375 e. The molecule has 0 spiro atoms. The number of nitrogens with two attached hydrogens (primary N) is 1. The Kier molecular flexibility index (Phi) is 2.80. The third-order valence-electron chi connectivity index (χ3n) is 2.40. The van der Waals surface area contributed by atoms with Crippen LogP contribution in [-0.4, -0.2) is 19.7 Å². The first kappa shape index (κ1) is 11.5. The van der Waals surface area contributed by atoms with E-state index in [-0.39, 0.29) is 5.69 Å². The molecule has 0 atom stereocenters. The van der Waals surface area contributed by atoms with Gasteiger partial charge in [-0.05, 0) is 13.8 Å². The maximum atomic E-state index is 10.8. The van der Waals surface area contributed by atoms with Gasteiger partial charge in [0.25, 0.3) is 0 Å². The van der Waals surface area contributed by atoms with Crippen LogP contribution < -0.4 is 5.73 Å². The van der Waals surface area contributed by atoms with E-state index in [1.54, 1.807) is 24.7 Å². The number of aromatic nitrogens is 3. The Morgan fingerprint density at radius 1 is 1.59 bits per heavy atom. The summed E-state index contributed by atoms with van der Waals surface area (Å²) in [6, 6.07) is 0. The van der Waals surface area contributed by atoms with Crippen molar-refractivity contribution in [3.05, 3.63) is 32.6 Å². The van der Waals surface area contributed by atoms with E-state index < -0.39 is 4.92 Å². The molecule has 2 heterocycles. The molecule has 0 amide bonds. The van der Waals surface area contributed by atoms with E-state index in [9.17, 15) is 10.1 Å². The number of anilines is 1. The smallest absolute Gasteiger partial charge is 0.312 e. The molecule has 0 unspecified atom stereocenters. The van der Waals surface area contributed by atoms with Crippen LogP contribution in [0, 0.1) is 24.0 Å². The second kappa shape index (κ2) is 4.13. The summed E-state index contributed by atoms with van der Waals surface area (Å²) in [4.78, 5) is 15.3. The summed E-state index contributed by atoms with van der Waals surface area (Å²) in [5.41, 5.74) is 6.56. The molecule has 0 aliphatic heterocycles. The van der Waals surface area contributed by atoms with Gasteiger partial charge in [-0.3, -0.25) is 14.8 Å². The Balaban J connectivity index is 2.34. The molecule has 0 aliphatic rings. The van der Waals surface area contributed by atoms with Crippen LogP contribution in [0.15, 0.2) is 6.20 Å². The van der Waals surface area contributed by atoms with Crippen LogP contribution in [0.1, 0.15) is 16.3 Å². The third-order valence-corrected chi connectivity index (χ3v) is 3.21. The topological polar surface area (TPSA) is 99.9 Å². The van der Waals surface area contributed by atoms with E-state index >= 15 is 0 Å². The quantitative estimate of drug-likeness (QED) is 0.659. The molecule has 7 nitrogen and oxygen atoms in total. The van der Waals surface area contributed by atoms with E-state index in [0.717, 1.165) is 4.88 Å². The highest BCUT2D eigenvalue weighted by Crippen LogP contribution is 2.23. The number of nitrogen functional groups attached to an aromatic ring is 1. The fourth-order valence-corrected chi connectivity index (χ4v) is 2.32. The van der Waals surface area contributed by atoms with Gasteiger partial charge in [-0.15, -0.1) is 11.3 Å². The van der Waals surface area contributed by atoms with Gasteiger partial charge in [0.2, 0.25) is 0 Å². The molecule has 0 aromatic carbocycles. The van der Waals surface area contributed by atoms with Gasteiger partial charge in [0.15, 0.2) is 5.13 Å². The molecule has 0 bridgehead atoms. The van der Waals surface area contributed by atoms with Crippen molar-refractivity contribution in [1.82, 2.24) is 14.8 Å². The maximum Gasteiger partial charge on any atom is 0.312 e. The summed E-state index contributed by atoms with van der Waals surface area (Å²) >= 11 is 1.35. The monoisotopic (exact) mass is 253 g/mol. The van der Waals surface area contributed by atoms with E-state index in [2.05, 4.69) is 10.1 Å². The van der Waals surface area contributed by atoms with Crippen molar-refractivity contribution in [1.29, 1.82) is 0 Å². The molecule has 8 heteroatoms. The lowest BCUT2D eigenvalue weighted by molar-refractivity contribution is -0.386. The summed E-state index contributed by atoms with van der Waals surface area (Å²) < 4.78 is 1.60. The zero-order valence-corrected chi connectivity index (χ0v) is 10.2. The zero-order valence-electron chi connectivity index (χ0n) is 9.38. The molecule has 0 saturated heterocycles. The lowest BCUT2D eigenvalue weighted by Crippen LogP contribution is -2.03. The number of hydrogen-bond donors (Lipinski definition) is 1. The summed E-state index contributed by atoms with van der Waals surface area (Å²) in [6.07, 6.45) is 1.66. The number of aryl methyl sites for hydroxylation is 1. The highest BCUT2D eigenvalue weighted by atomic mass is 32.1. The summed E-state index contributed by atoms with van der Waals surface area (Å²) in [5, 5.41) is 15.5. The minimum atomic E-state index is -0.408. The van der Waals surface area contributed by atoms with Crippen LogP contribution in [0.5, 0.6) is 0 Å². The van der Waals surface area contributed by atoms with Gasteiger partial charge >= 0.3 is 5.69 Å². The van der Waals surface area contributed by atoms with Crippen LogP contribution in [0.4, 0.5) is 10.8 Å². The molecule has 0 aliphatic carbocycles. The molecule has 17 heavy (non-hydrogen) atoms. The number of nitro groups is 1. The molecule has 0 fully saturated rings. The van der Waals surface area contributed by atoms with Crippen molar-refractivity contribution in [2.75, 3.05) is 5.73 Å². The highest BCUT2D eigenvalue weighted by Gasteiger charge is 2.21. The van der Waals surface area contributed by atoms with Crippen LogP contribution in [-0.2, 0) is 6.54 Å². The Morgan fingerprint density at radius 3 is 2.76 bits per heavy atom. The van der Waals surface area contributed by atoms with Crippen LogP contribution in [0.25, 0.3) is 0 Å². The Hall–Kier alpha value is -1.96. The van der Waals surface area contributed by atoms with Crippen LogP contribution >= 0.6 is 11.3 Å². The summed E-state index contributed by atoms with van der Waals surface area (Å²) in [5.74, 6) is 0. The van der Waals surface area contributed by atoms with Crippen molar-refractivity contribution in [2.45, 2.75) is 20.4 Å². The van der Waals surface area contributed by atoms with Gasteiger partial charge in [0.05, 0.1) is 11.5 Å². The van der Waals surface area contributed by atoms with Gasteiger partial charge in [0, 0.05) is 11.1 Å². The lowest BCUT2D eigenvalue weighted by Gasteiger charge is -1.99. The Morgan fingerprint density at radius 2 is 2.29 bits per heavy atom. The molecular weight excluding hydrogens is 242 g/mol. The molecule has 2 rings (SSSR count). The minimum absolute atomic E-state index is 0.0717. The van der Waals surface area contributed by atoms with Crippen LogP contribution in [0.3, 0.4) is 0 Å². The fourth-order valence-electron chi connectivity index (χ4n) is 1.65. The van der Waals surface area contributed by atoms with Gasteiger partial charge in [0.1, 0.15) is 11.4 Å². The van der Waals surface area contributed by atoms with Gasteiger partial charge in [-0.2, -0.15) is 5.10 Å². The molecule has 2 aromatic rings. The molecule has 0 radical (unpaired) electrons. The van der Waals surface area contributed by atoms with E-state index in [1.165, 1.54) is 11.3 Å². The third kappa shape index (κ3) is 2.11. The van der Waals surface area contributed by atoms with Crippen molar-refractivity contribution in [3.63, 3.8) is 0 Å². The highest BCUT2D eigenvalue weighted by molar-refractivity contribution is 7.15. The van der Waals surface area contributed by atoms with Crippen molar-refractivity contribution >= 4 is 22.2 Å². The molecule has 2 aromatic heterocycles. The van der Waals surface area contributed by atoms with Gasteiger partial charge in [-0.25, -0.2) is 4.98 Å². The first-order valence-electron chi connectivity index (χ1n) is 4.87. The van der Waals surface area contributed by atoms with Crippen molar-refractivity contribution in [3.8, 4) is 0 Å². The first-order valence-corrected chi connectivity index (χ1v) is 5.69.